The number of halogens is 3. The van der Waals surface area contributed by atoms with Crippen LogP contribution in [0.3, 0.4) is 0 Å². The number of benzene rings is 2. The van der Waals surface area contributed by atoms with Crippen LogP contribution >= 0.6 is 34.8 Å². The zero-order valence-electron chi connectivity index (χ0n) is 14.1. The summed E-state index contributed by atoms with van der Waals surface area (Å²) in [6, 6.07) is 10.9. The third-order valence-corrected chi connectivity index (χ3v) is 5.00. The van der Waals surface area contributed by atoms with Crippen molar-refractivity contribution in [3.05, 3.63) is 62.7 Å². The first kappa shape index (κ1) is 18.8. The van der Waals surface area contributed by atoms with Crippen LogP contribution in [0.25, 0.3) is 22.4 Å². The molecule has 0 bridgehead atoms. The third kappa shape index (κ3) is 3.58. The van der Waals surface area contributed by atoms with E-state index in [1.165, 1.54) is 0 Å². The molecule has 0 radical (unpaired) electrons. The topological polar surface area (TPSA) is 55.0 Å². The van der Waals surface area contributed by atoms with Crippen LogP contribution in [0.1, 0.15) is 23.0 Å². The van der Waals surface area contributed by atoms with Crippen molar-refractivity contribution in [2.75, 3.05) is 6.61 Å². The maximum atomic E-state index is 12.0. The molecule has 134 valence electrons. The number of rotatable bonds is 4. The quantitative estimate of drug-likeness (QED) is 0.523. The van der Waals surface area contributed by atoms with Gasteiger partial charge in [0.05, 0.1) is 22.3 Å². The molecule has 0 saturated carbocycles. The molecule has 1 aromatic heterocycles. The zero-order valence-corrected chi connectivity index (χ0v) is 16.3. The molecular formula is C19H15Cl3N2O2. The van der Waals surface area contributed by atoms with Crippen LogP contribution in [0.2, 0.25) is 15.1 Å². The largest absolute Gasteiger partial charge is 0.461 e. The molecule has 0 fully saturated rings. The van der Waals surface area contributed by atoms with E-state index in [0.29, 0.717) is 26.3 Å². The number of hydrogen-bond acceptors (Lipinski definition) is 3. The number of aromatic amines is 1. The van der Waals surface area contributed by atoms with Gasteiger partial charge in [0, 0.05) is 21.7 Å². The summed E-state index contributed by atoms with van der Waals surface area (Å²) in [5, 5.41) is 8.46. The van der Waals surface area contributed by atoms with Crippen molar-refractivity contribution < 1.29 is 9.53 Å². The number of ether oxygens (including phenoxy) is 1. The molecule has 7 heteroatoms. The highest BCUT2D eigenvalue weighted by Crippen LogP contribution is 2.38. The van der Waals surface area contributed by atoms with Crippen LogP contribution in [0, 0.1) is 6.92 Å². The molecule has 1 heterocycles. The van der Waals surface area contributed by atoms with Crippen molar-refractivity contribution in [2.45, 2.75) is 13.8 Å². The summed E-state index contributed by atoms with van der Waals surface area (Å²) in [5.74, 6) is -0.467. The second kappa shape index (κ2) is 7.70. The zero-order chi connectivity index (χ0) is 18.8. The fraction of sp³-hybridized carbons (Fsp3) is 0.158. The van der Waals surface area contributed by atoms with E-state index in [1.54, 1.807) is 32.0 Å². The van der Waals surface area contributed by atoms with Gasteiger partial charge in [-0.05, 0) is 43.7 Å². The number of carbonyl (C=O) groups is 1. The van der Waals surface area contributed by atoms with E-state index in [2.05, 4.69) is 10.2 Å². The van der Waals surface area contributed by atoms with Crippen LogP contribution < -0.4 is 0 Å². The second-order valence-electron chi connectivity index (χ2n) is 5.62. The number of aromatic nitrogens is 2. The van der Waals surface area contributed by atoms with Crippen LogP contribution in [-0.2, 0) is 4.74 Å². The van der Waals surface area contributed by atoms with E-state index >= 15 is 0 Å². The minimum absolute atomic E-state index is 0.251. The Bertz CT molecular complexity index is 966. The predicted octanol–water partition coefficient (Wildman–Crippen LogP) is 6.19. The van der Waals surface area contributed by atoms with E-state index in [4.69, 9.17) is 39.5 Å². The Labute approximate surface area is 166 Å². The number of esters is 1. The Kier molecular flexibility index (Phi) is 5.56. The molecule has 0 aliphatic carbocycles. The molecule has 0 saturated heterocycles. The molecule has 1 N–H and O–H groups in total. The summed E-state index contributed by atoms with van der Waals surface area (Å²) in [6.45, 7) is 3.83. The summed E-state index contributed by atoms with van der Waals surface area (Å²) < 4.78 is 5.02. The predicted molar refractivity (Wildman–Crippen MR) is 105 cm³/mol. The van der Waals surface area contributed by atoms with Gasteiger partial charge in [0.1, 0.15) is 0 Å². The summed E-state index contributed by atoms with van der Waals surface area (Å²) in [4.78, 5) is 12.0. The number of nitrogens with zero attached hydrogens (tertiary/aromatic N) is 1. The lowest BCUT2D eigenvalue weighted by Gasteiger charge is -2.10. The minimum atomic E-state index is -0.467. The van der Waals surface area contributed by atoms with E-state index in [0.717, 1.165) is 16.7 Å². The fourth-order valence-electron chi connectivity index (χ4n) is 2.65. The fourth-order valence-corrected chi connectivity index (χ4v) is 3.21. The average Bonchev–Trinajstić information content (AvgIpc) is 3.00. The van der Waals surface area contributed by atoms with Gasteiger partial charge in [0.2, 0.25) is 0 Å². The van der Waals surface area contributed by atoms with Crippen LogP contribution in [0.15, 0.2) is 36.4 Å². The molecule has 0 aliphatic rings. The van der Waals surface area contributed by atoms with Gasteiger partial charge in [-0.15, -0.1) is 0 Å². The van der Waals surface area contributed by atoms with Crippen molar-refractivity contribution in [1.82, 2.24) is 10.2 Å². The lowest BCUT2D eigenvalue weighted by atomic mass is 10.00. The number of hydrogen-bond donors (Lipinski definition) is 1. The highest BCUT2D eigenvalue weighted by Gasteiger charge is 2.20. The van der Waals surface area contributed by atoms with E-state index < -0.39 is 5.97 Å². The Morgan fingerprint density at radius 3 is 2.46 bits per heavy atom. The highest BCUT2D eigenvalue weighted by molar-refractivity contribution is 6.44. The van der Waals surface area contributed by atoms with Gasteiger partial charge in [0.25, 0.3) is 0 Å². The summed E-state index contributed by atoms with van der Waals surface area (Å²) >= 11 is 18.7. The van der Waals surface area contributed by atoms with Crippen molar-refractivity contribution in [3.63, 3.8) is 0 Å². The van der Waals surface area contributed by atoms with Gasteiger partial charge in [-0.25, -0.2) is 4.79 Å². The van der Waals surface area contributed by atoms with Crippen LogP contribution in [0.4, 0.5) is 0 Å². The van der Waals surface area contributed by atoms with Gasteiger partial charge in [-0.1, -0.05) is 46.9 Å². The van der Waals surface area contributed by atoms with Crippen molar-refractivity contribution in [2.24, 2.45) is 0 Å². The molecule has 0 spiro atoms. The van der Waals surface area contributed by atoms with Crippen molar-refractivity contribution in [1.29, 1.82) is 0 Å². The molecule has 26 heavy (non-hydrogen) atoms. The average molecular weight is 410 g/mol. The van der Waals surface area contributed by atoms with Crippen LogP contribution in [-0.4, -0.2) is 22.8 Å². The smallest absolute Gasteiger partial charge is 0.359 e. The van der Waals surface area contributed by atoms with Gasteiger partial charge in [-0.2, -0.15) is 5.10 Å². The van der Waals surface area contributed by atoms with E-state index in [9.17, 15) is 4.79 Å². The first-order chi connectivity index (χ1) is 12.4. The molecule has 0 unspecified atom stereocenters. The summed E-state index contributed by atoms with van der Waals surface area (Å²) in [5.41, 5.74) is 4.03. The lowest BCUT2D eigenvalue weighted by molar-refractivity contribution is 0.0518. The normalized spacial score (nSPS) is 10.8. The monoisotopic (exact) mass is 408 g/mol. The Balaban J connectivity index is 2.10. The highest BCUT2D eigenvalue weighted by atomic mass is 35.5. The molecule has 3 aromatic rings. The van der Waals surface area contributed by atoms with E-state index in [-0.39, 0.29) is 12.3 Å². The Morgan fingerprint density at radius 1 is 1.12 bits per heavy atom. The molecule has 3 rings (SSSR count). The lowest BCUT2D eigenvalue weighted by Crippen LogP contribution is -2.06. The molecule has 2 aromatic carbocycles. The van der Waals surface area contributed by atoms with Gasteiger partial charge in [0.15, 0.2) is 5.69 Å². The van der Waals surface area contributed by atoms with Crippen molar-refractivity contribution in [3.8, 4) is 22.4 Å². The van der Waals surface area contributed by atoms with Crippen molar-refractivity contribution >= 4 is 40.8 Å². The maximum Gasteiger partial charge on any atom is 0.359 e. The van der Waals surface area contributed by atoms with Gasteiger partial charge >= 0.3 is 5.97 Å². The molecule has 0 atom stereocenters. The Morgan fingerprint density at radius 2 is 1.81 bits per heavy atom. The first-order valence-corrected chi connectivity index (χ1v) is 9.03. The van der Waals surface area contributed by atoms with Crippen LogP contribution in [0.5, 0.6) is 0 Å². The maximum absolute atomic E-state index is 12.0. The standard InChI is InChI=1S/C19H15Cl3N2O2/c1-3-26-19(25)18-10(2)17(23-24-18)12-8-14(16(22)15(21)9-12)11-4-6-13(20)7-5-11/h4-9H,3H2,1-2H3,(H,23,24). The van der Waals surface area contributed by atoms with Gasteiger partial charge < -0.3 is 4.74 Å². The summed E-state index contributed by atoms with van der Waals surface area (Å²) in [6.07, 6.45) is 0. The number of H-pyrrole nitrogens is 1. The molecule has 4 nitrogen and oxygen atoms in total. The third-order valence-electron chi connectivity index (χ3n) is 3.95. The first-order valence-electron chi connectivity index (χ1n) is 7.89. The Hall–Kier alpha value is -2.01. The second-order valence-corrected chi connectivity index (χ2v) is 6.84. The van der Waals surface area contributed by atoms with E-state index in [1.807, 2.05) is 18.2 Å². The summed E-state index contributed by atoms with van der Waals surface area (Å²) in [7, 11) is 0. The van der Waals surface area contributed by atoms with Gasteiger partial charge in [-0.3, -0.25) is 5.10 Å². The molecule has 0 amide bonds. The number of carbonyl (C=O) groups excluding carboxylic acids is 1. The number of nitrogens with one attached hydrogen (secondary N) is 1. The molecule has 0 aliphatic heterocycles. The minimum Gasteiger partial charge on any atom is -0.461 e. The SMILES string of the molecule is CCOC(=O)c1n[nH]c(-c2cc(Cl)c(Cl)c(-c3ccc(Cl)cc3)c2)c1C. The molecular weight excluding hydrogens is 395 g/mol.